The first-order chi connectivity index (χ1) is 12.0. The molecule has 0 aliphatic rings. The number of aryl methyl sites for hydroxylation is 1. The van der Waals surface area contributed by atoms with E-state index in [0.717, 1.165) is 11.3 Å². The van der Waals surface area contributed by atoms with Gasteiger partial charge in [-0.2, -0.15) is 0 Å². The van der Waals surface area contributed by atoms with Crippen molar-refractivity contribution in [3.05, 3.63) is 48.3 Å². The molecule has 25 heavy (non-hydrogen) atoms. The SMILES string of the molecule is CC(C)c1nnc(CCC(=O)Nc2ncc(-c3ccccc3)n2C)o1. The summed E-state index contributed by atoms with van der Waals surface area (Å²) in [6.45, 7) is 3.96. The molecule has 0 fully saturated rings. The minimum absolute atomic E-state index is 0.141. The normalized spacial score (nSPS) is 11.0. The van der Waals surface area contributed by atoms with Crippen LogP contribution in [0.3, 0.4) is 0 Å². The molecule has 2 aromatic heterocycles. The Morgan fingerprint density at radius 1 is 1.24 bits per heavy atom. The van der Waals surface area contributed by atoms with Crippen molar-refractivity contribution < 1.29 is 9.21 Å². The third-order valence-corrected chi connectivity index (χ3v) is 3.85. The molecule has 0 spiro atoms. The van der Waals surface area contributed by atoms with Gasteiger partial charge in [0.1, 0.15) is 0 Å². The van der Waals surface area contributed by atoms with Gasteiger partial charge in [0.25, 0.3) is 0 Å². The minimum Gasteiger partial charge on any atom is -0.425 e. The van der Waals surface area contributed by atoms with Crippen LogP contribution in [0.25, 0.3) is 11.3 Å². The number of aromatic nitrogens is 4. The highest BCUT2D eigenvalue weighted by Gasteiger charge is 2.14. The number of carbonyl (C=O) groups excluding carboxylic acids is 1. The lowest BCUT2D eigenvalue weighted by Gasteiger charge is -2.07. The highest BCUT2D eigenvalue weighted by atomic mass is 16.4. The lowest BCUT2D eigenvalue weighted by molar-refractivity contribution is -0.116. The van der Waals surface area contributed by atoms with E-state index in [-0.39, 0.29) is 18.2 Å². The first-order valence-corrected chi connectivity index (χ1v) is 8.24. The van der Waals surface area contributed by atoms with Crippen LogP contribution in [0.5, 0.6) is 0 Å². The minimum atomic E-state index is -0.141. The molecule has 7 nitrogen and oxygen atoms in total. The van der Waals surface area contributed by atoms with Gasteiger partial charge in [-0.15, -0.1) is 10.2 Å². The Morgan fingerprint density at radius 2 is 2.00 bits per heavy atom. The van der Waals surface area contributed by atoms with E-state index in [1.54, 1.807) is 6.20 Å². The molecule has 7 heteroatoms. The Labute approximate surface area is 146 Å². The van der Waals surface area contributed by atoms with Crippen LogP contribution in [0.4, 0.5) is 5.95 Å². The van der Waals surface area contributed by atoms with E-state index < -0.39 is 0 Å². The van der Waals surface area contributed by atoms with Gasteiger partial charge in [0, 0.05) is 25.8 Å². The van der Waals surface area contributed by atoms with Gasteiger partial charge in [0.05, 0.1) is 11.9 Å². The first kappa shape index (κ1) is 16.9. The van der Waals surface area contributed by atoms with Crippen molar-refractivity contribution in [1.29, 1.82) is 0 Å². The van der Waals surface area contributed by atoms with Crippen molar-refractivity contribution in [1.82, 2.24) is 19.7 Å². The molecule has 3 aromatic rings. The summed E-state index contributed by atoms with van der Waals surface area (Å²) < 4.78 is 7.37. The van der Waals surface area contributed by atoms with Gasteiger partial charge in [-0.05, 0) is 5.56 Å². The zero-order valence-corrected chi connectivity index (χ0v) is 14.6. The maximum Gasteiger partial charge on any atom is 0.227 e. The van der Waals surface area contributed by atoms with Crippen molar-refractivity contribution in [3.8, 4) is 11.3 Å². The number of hydrogen-bond acceptors (Lipinski definition) is 5. The predicted molar refractivity (Wildman–Crippen MR) is 94.0 cm³/mol. The van der Waals surface area contributed by atoms with E-state index in [2.05, 4.69) is 20.5 Å². The largest absolute Gasteiger partial charge is 0.425 e. The number of nitrogens with one attached hydrogen (secondary N) is 1. The second-order valence-electron chi connectivity index (χ2n) is 6.13. The smallest absolute Gasteiger partial charge is 0.227 e. The zero-order chi connectivity index (χ0) is 17.8. The van der Waals surface area contributed by atoms with Crippen LogP contribution in [-0.2, 0) is 18.3 Å². The summed E-state index contributed by atoms with van der Waals surface area (Å²) >= 11 is 0. The van der Waals surface area contributed by atoms with Gasteiger partial charge >= 0.3 is 0 Å². The molecule has 0 aliphatic heterocycles. The number of nitrogens with zero attached hydrogens (tertiary/aromatic N) is 4. The van der Waals surface area contributed by atoms with Crippen molar-refractivity contribution >= 4 is 11.9 Å². The number of anilines is 1. The van der Waals surface area contributed by atoms with Crippen molar-refractivity contribution in [3.63, 3.8) is 0 Å². The maximum atomic E-state index is 12.2. The average molecular weight is 339 g/mol. The summed E-state index contributed by atoms with van der Waals surface area (Å²) in [5.41, 5.74) is 1.99. The molecular formula is C18H21N5O2. The van der Waals surface area contributed by atoms with E-state index in [9.17, 15) is 4.79 Å². The summed E-state index contributed by atoms with van der Waals surface area (Å²) in [4.78, 5) is 16.5. The maximum absolute atomic E-state index is 12.2. The summed E-state index contributed by atoms with van der Waals surface area (Å²) in [7, 11) is 1.87. The van der Waals surface area contributed by atoms with Crippen LogP contribution < -0.4 is 5.32 Å². The number of rotatable bonds is 6. The van der Waals surface area contributed by atoms with E-state index in [1.807, 2.05) is 55.8 Å². The molecule has 0 bridgehead atoms. The molecule has 2 heterocycles. The first-order valence-electron chi connectivity index (χ1n) is 8.24. The monoisotopic (exact) mass is 339 g/mol. The number of imidazole rings is 1. The van der Waals surface area contributed by atoms with Crippen LogP contribution >= 0.6 is 0 Å². The molecule has 3 rings (SSSR count). The zero-order valence-electron chi connectivity index (χ0n) is 14.6. The molecular weight excluding hydrogens is 318 g/mol. The Hall–Kier alpha value is -2.96. The van der Waals surface area contributed by atoms with Gasteiger partial charge in [0.2, 0.25) is 23.6 Å². The van der Waals surface area contributed by atoms with Crippen LogP contribution in [0.15, 0.2) is 40.9 Å². The summed E-state index contributed by atoms with van der Waals surface area (Å²) in [6, 6.07) is 9.91. The van der Waals surface area contributed by atoms with Crippen molar-refractivity contribution in [2.24, 2.45) is 7.05 Å². The second kappa shape index (κ2) is 7.29. The van der Waals surface area contributed by atoms with Crippen molar-refractivity contribution in [2.45, 2.75) is 32.6 Å². The van der Waals surface area contributed by atoms with Gasteiger partial charge in [-0.1, -0.05) is 44.2 Å². The number of benzene rings is 1. The highest BCUT2D eigenvalue weighted by Crippen LogP contribution is 2.21. The topological polar surface area (TPSA) is 85.8 Å². The molecule has 0 saturated heterocycles. The fourth-order valence-corrected chi connectivity index (χ4v) is 2.41. The predicted octanol–water partition coefficient (Wildman–Crippen LogP) is 3.16. The summed E-state index contributed by atoms with van der Waals surface area (Å²) in [5, 5.41) is 10.7. The highest BCUT2D eigenvalue weighted by molar-refractivity contribution is 5.89. The Morgan fingerprint density at radius 3 is 2.68 bits per heavy atom. The van der Waals surface area contributed by atoms with Crippen molar-refractivity contribution in [2.75, 3.05) is 5.32 Å². The molecule has 0 unspecified atom stereocenters. The fraction of sp³-hybridized carbons (Fsp3) is 0.333. The lowest BCUT2D eigenvalue weighted by atomic mass is 10.2. The van der Waals surface area contributed by atoms with Gasteiger partial charge < -0.3 is 8.98 Å². The summed E-state index contributed by atoms with van der Waals surface area (Å²) in [5.74, 6) is 1.62. The molecule has 1 aromatic carbocycles. The number of hydrogen-bond donors (Lipinski definition) is 1. The second-order valence-corrected chi connectivity index (χ2v) is 6.13. The van der Waals surface area contributed by atoms with Crippen LogP contribution in [0.2, 0.25) is 0 Å². The number of amides is 1. The third-order valence-electron chi connectivity index (χ3n) is 3.85. The van der Waals surface area contributed by atoms with E-state index in [1.165, 1.54) is 0 Å². The van der Waals surface area contributed by atoms with E-state index in [4.69, 9.17) is 4.42 Å². The lowest BCUT2D eigenvalue weighted by Crippen LogP contribution is -2.15. The standard InChI is InChI=1S/C18H21N5O2/c1-12(2)17-22-21-16(25-17)10-9-15(24)20-18-19-11-14(23(18)3)13-7-5-4-6-8-13/h4-8,11-12H,9-10H2,1-3H3,(H,19,20,24). The number of carbonyl (C=O) groups is 1. The average Bonchev–Trinajstić information content (AvgIpc) is 3.22. The van der Waals surface area contributed by atoms with Crippen LogP contribution in [0, 0.1) is 0 Å². The molecule has 1 N–H and O–H groups in total. The molecule has 130 valence electrons. The van der Waals surface area contributed by atoms with Gasteiger partial charge in [0.15, 0.2) is 0 Å². The molecule has 1 amide bonds. The molecule has 0 atom stereocenters. The van der Waals surface area contributed by atoms with E-state index in [0.29, 0.717) is 24.2 Å². The molecule has 0 aliphatic carbocycles. The molecule has 0 radical (unpaired) electrons. The van der Waals surface area contributed by atoms with Gasteiger partial charge in [-0.25, -0.2) is 4.98 Å². The third kappa shape index (κ3) is 3.93. The summed E-state index contributed by atoms with van der Waals surface area (Å²) in [6.07, 6.45) is 2.41. The van der Waals surface area contributed by atoms with Gasteiger partial charge in [-0.3, -0.25) is 10.1 Å². The Balaban J connectivity index is 1.60. The van der Waals surface area contributed by atoms with Crippen LogP contribution in [0.1, 0.15) is 38.0 Å². The Kier molecular flexibility index (Phi) is 4.92. The fourth-order valence-electron chi connectivity index (χ4n) is 2.41. The quantitative estimate of drug-likeness (QED) is 0.745. The Bertz CT molecular complexity index is 851. The van der Waals surface area contributed by atoms with Crippen LogP contribution in [-0.4, -0.2) is 25.7 Å². The molecule has 0 saturated carbocycles. The van der Waals surface area contributed by atoms with E-state index >= 15 is 0 Å².